The van der Waals surface area contributed by atoms with Crippen molar-refractivity contribution < 1.29 is 4.42 Å². The maximum absolute atomic E-state index is 5.20. The summed E-state index contributed by atoms with van der Waals surface area (Å²) in [5.41, 5.74) is 3.25. The first-order valence-corrected chi connectivity index (χ1v) is 5.89. The van der Waals surface area contributed by atoms with E-state index < -0.39 is 0 Å². The first kappa shape index (κ1) is 8.09. The quantitative estimate of drug-likeness (QED) is 0.531. The second-order valence-electron chi connectivity index (χ2n) is 5.21. The maximum Gasteiger partial charge on any atom is 0.343 e. The summed E-state index contributed by atoms with van der Waals surface area (Å²) in [5.74, 6) is 5.03. The average Bonchev–Trinajstić information content (AvgIpc) is 2.73. The van der Waals surface area contributed by atoms with Crippen LogP contribution in [0.4, 0.5) is 0 Å². The molecule has 1 heteroatoms. The summed E-state index contributed by atoms with van der Waals surface area (Å²) in [7, 11) is 1.73. The highest BCUT2D eigenvalue weighted by Gasteiger charge is 2.66. The number of hydrogen-bond donors (Lipinski definition) is 0. The maximum atomic E-state index is 5.20. The summed E-state index contributed by atoms with van der Waals surface area (Å²) < 4.78 is 5.20. The van der Waals surface area contributed by atoms with Crippen LogP contribution in [0, 0.1) is 23.7 Å². The third-order valence-electron chi connectivity index (χ3n) is 4.67. The van der Waals surface area contributed by atoms with E-state index in [2.05, 4.69) is 24.3 Å². The van der Waals surface area contributed by atoms with E-state index in [0.717, 1.165) is 29.5 Å². The van der Waals surface area contributed by atoms with Gasteiger partial charge in [0.25, 0.3) is 7.11 Å². The van der Waals surface area contributed by atoms with Crippen LogP contribution < -0.4 is 0 Å². The van der Waals surface area contributed by atoms with Crippen LogP contribution in [0.2, 0.25) is 0 Å². The Hall–Kier alpha value is -1.11. The van der Waals surface area contributed by atoms with Crippen molar-refractivity contribution in [3.8, 4) is 0 Å². The lowest BCUT2D eigenvalue weighted by atomic mass is 9.96. The summed E-state index contributed by atoms with van der Waals surface area (Å²) in [6, 6.07) is 0. The van der Waals surface area contributed by atoms with E-state index in [4.69, 9.17) is 4.42 Å². The van der Waals surface area contributed by atoms with E-state index in [1.807, 2.05) is 0 Å². The minimum atomic E-state index is 0.929. The zero-order chi connectivity index (χ0) is 9.99. The van der Waals surface area contributed by atoms with Gasteiger partial charge in [0.05, 0.1) is 0 Å². The minimum Gasteiger partial charge on any atom is -0.258 e. The van der Waals surface area contributed by atoms with Crippen molar-refractivity contribution in [2.24, 2.45) is 23.7 Å². The van der Waals surface area contributed by atoms with Crippen molar-refractivity contribution in [1.82, 2.24) is 0 Å². The standard InChI is InChI=1S/C14H15O/c1-15-10-4-2-8(3-5-10)13-9-6-11-12(7-9)14(11)13/h2-5,9,11-12,14H,6-7H2,1H3/q+1. The van der Waals surface area contributed by atoms with Crippen molar-refractivity contribution >= 4 is 5.78 Å². The Kier molecular flexibility index (Phi) is 1.36. The SMILES string of the molecule is C[O+]=C1C=CC(=C2C3CC4C(C3)C24)C=C1. The molecule has 5 aliphatic carbocycles. The molecule has 0 aromatic heterocycles. The number of rotatable bonds is 0. The Morgan fingerprint density at radius 1 is 1.07 bits per heavy atom. The van der Waals surface area contributed by atoms with Gasteiger partial charge < -0.3 is 0 Å². The molecule has 1 nitrogen and oxygen atoms in total. The average molecular weight is 199 g/mol. The Morgan fingerprint density at radius 3 is 2.20 bits per heavy atom. The predicted octanol–water partition coefficient (Wildman–Crippen LogP) is 2.43. The Bertz CT molecular complexity index is 416. The molecule has 2 unspecified atom stereocenters. The molecule has 0 aromatic carbocycles. The Labute approximate surface area is 89.9 Å². The third-order valence-corrected chi connectivity index (χ3v) is 4.67. The molecule has 4 bridgehead atoms. The van der Waals surface area contributed by atoms with E-state index in [9.17, 15) is 0 Å². The van der Waals surface area contributed by atoms with E-state index in [1.165, 1.54) is 18.4 Å². The van der Waals surface area contributed by atoms with Gasteiger partial charge in [-0.1, -0.05) is 5.57 Å². The lowest BCUT2D eigenvalue weighted by molar-refractivity contribution is -0.417. The monoisotopic (exact) mass is 199 g/mol. The first-order valence-electron chi connectivity index (χ1n) is 5.89. The Morgan fingerprint density at radius 2 is 1.73 bits per heavy atom. The summed E-state index contributed by atoms with van der Waals surface area (Å²) in [4.78, 5) is 0. The first-order chi connectivity index (χ1) is 7.38. The number of hydrogen-bond acceptors (Lipinski definition) is 0. The second kappa shape index (κ2) is 2.52. The Balaban J connectivity index is 1.75. The minimum absolute atomic E-state index is 0.929. The second-order valence-corrected chi connectivity index (χ2v) is 5.21. The van der Waals surface area contributed by atoms with Crippen molar-refractivity contribution in [3.05, 3.63) is 35.5 Å². The predicted molar refractivity (Wildman–Crippen MR) is 59.4 cm³/mol. The van der Waals surface area contributed by atoms with Gasteiger partial charge in [0.2, 0.25) is 0 Å². The zero-order valence-electron chi connectivity index (χ0n) is 8.94. The normalized spacial score (nSPS) is 44.2. The molecule has 4 fully saturated rings. The highest BCUT2D eigenvalue weighted by atomic mass is 16.4. The van der Waals surface area contributed by atoms with Gasteiger partial charge >= 0.3 is 5.78 Å². The zero-order valence-corrected chi connectivity index (χ0v) is 8.94. The fourth-order valence-corrected chi connectivity index (χ4v) is 4.04. The van der Waals surface area contributed by atoms with E-state index in [0.29, 0.717) is 0 Å². The van der Waals surface area contributed by atoms with Gasteiger partial charge in [-0.25, -0.2) is 0 Å². The smallest absolute Gasteiger partial charge is 0.258 e. The largest absolute Gasteiger partial charge is 0.343 e. The van der Waals surface area contributed by atoms with Gasteiger partial charge in [0.1, 0.15) is 0 Å². The molecule has 15 heavy (non-hydrogen) atoms. The van der Waals surface area contributed by atoms with Crippen LogP contribution >= 0.6 is 0 Å². The molecular weight excluding hydrogens is 184 g/mol. The molecule has 0 heterocycles. The van der Waals surface area contributed by atoms with Crippen LogP contribution in [0.15, 0.2) is 35.5 Å². The molecular formula is C14H15O+. The van der Waals surface area contributed by atoms with Gasteiger partial charge in [-0.05, 0) is 54.2 Å². The number of ketones is 1. The third kappa shape index (κ3) is 0.914. The van der Waals surface area contributed by atoms with Crippen LogP contribution in [-0.4, -0.2) is 12.9 Å². The van der Waals surface area contributed by atoms with Crippen molar-refractivity contribution in [1.29, 1.82) is 0 Å². The van der Waals surface area contributed by atoms with Crippen LogP contribution in [0.5, 0.6) is 0 Å². The summed E-state index contributed by atoms with van der Waals surface area (Å²) in [6.07, 6.45) is 11.6. The highest BCUT2D eigenvalue weighted by Crippen LogP contribution is 2.73. The topological polar surface area (TPSA) is 11.3 Å². The van der Waals surface area contributed by atoms with Crippen LogP contribution in [0.25, 0.3) is 0 Å². The van der Waals surface area contributed by atoms with Gasteiger partial charge in [0.15, 0.2) is 0 Å². The van der Waals surface area contributed by atoms with E-state index >= 15 is 0 Å². The fraction of sp³-hybridized carbons (Fsp3) is 0.500. The number of allylic oxidation sites excluding steroid dienone is 6. The van der Waals surface area contributed by atoms with Gasteiger partial charge in [-0.2, -0.15) is 0 Å². The summed E-state index contributed by atoms with van der Waals surface area (Å²) in [6.45, 7) is 0. The molecule has 76 valence electrons. The molecule has 0 N–H and O–H groups in total. The highest BCUT2D eigenvalue weighted by molar-refractivity contribution is 6.01. The number of carbonyl (C=O) groups excluding carboxylic acids is 1. The molecule has 0 saturated heterocycles. The van der Waals surface area contributed by atoms with Gasteiger partial charge in [-0.3, -0.25) is 4.42 Å². The molecule has 4 saturated carbocycles. The van der Waals surface area contributed by atoms with Crippen LogP contribution in [0.3, 0.4) is 0 Å². The molecule has 5 aliphatic rings. The molecule has 0 radical (unpaired) electrons. The van der Waals surface area contributed by atoms with Crippen LogP contribution in [-0.2, 0) is 4.42 Å². The summed E-state index contributed by atoms with van der Waals surface area (Å²) in [5, 5.41) is 0. The van der Waals surface area contributed by atoms with E-state index in [-0.39, 0.29) is 0 Å². The van der Waals surface area contributed by atoms with Gasteiger partial charge in [0, 0.05) is 12.2 Å². The van der Waals surface area contributed by atoms with Crippen molar-refractivity contribution in [2.45, 2.75) is 12.8 Å². The van der Waals surface area contributed by atoms with Crippen molar-refractivity contribution in [2.75, 3.05) is 7.11 Å². The van der Waals surface area contributed by atoms with Gasteiger partial charge in [-0.15, -0.1) is 0 Å². The molecule has 2 atom stereocenters. The lowest BCUT2D eigenvalue weighted by Crippen LogP contribution is -2.00. The summed E-state index contributed by atoms with van der Waals surface area (Å²) >= 11 is 0. The molecule has 0 spiro atoms. The molecule has 0 aromatic rings. The lowest BCUT2D eigenvalue weighted by Gasteiger charge is -2.08. The van der Waals surface area contributed by atoms with Crippen molar-refractivity contribution in [3.63, 3.8) is 0 Å². The van der Waals surface area contributed by atoms with E-state index in [1.54, 1.807) is 12.7 Å². The van der Waals surface area contributed by atoms with Crippen LogP contribution in [0.1, 0.15) is 12.8 Å². The molecule has 5 rings (SSSR count). The molecule has 0 aliphatic heterocycles. The molecule has 0 amide bonds. The fourth-order valence-electron chi connectivity index (χ4n) is 4.04.